The van der Waals surface area contributed by atoms with Crippen molar-refractivity contribution in [3.8, 4) is 0 Å². The Labute approximate surface area is 183 Å². The summed E-state index contributed by atoms with van der Waals surface area (Å²) in [5.74, 6) is 0.502. The predicted molar refractivity (Wildman–Crippen MR) is 120 cm³/mol. The number of rotatable bonds is 6. The van der Waals surface area contributed by atoms with Gasteiger partial charge in [0.25, 0.3) is 0 Å². The summed E-state index contributed by atoms with van der Waals surface area (Å²) in [5, 5.41) is 14.5. The van der Waals surface area contributed by atoms with Gasteiger partial charge in [-0.3, -0.25) is 10.1 Å². The second kappa shape index (κ2) is 8.19. The van der Waals surface area contributed by atoms with E-state index in [1.165, 1.54) is 12.1 Å². The van der Waals surface area contributed by atoms with Crippen LogP contribution in [0.5, 0.6) is 0 Å². The number of hydrogen-bond acceptors (Lipinski definition) is 8. The molecule has 1 N–H and O–H groups in total. The van der Waals surface area contributed by atoms with E-state index < -0.39 is 4.92 Å². The molecular formula is C22H23FN6O3. The lowest BCUT2D eigenvalue weighted by Crippen LogP contribution is -2.44. The maximum absolute atomic E-state index is 15.7. The van der Waals surface area contributed by atoms with E-state index in [2.05, 4.69) is 32.1 Å². The Bertz CT molecular complexity index is 1200. The van der Waals surface area contributed by atoms with E-state index >= 15 is 4.39 Å². The van der Waals surface area contributed by atoms with Gasteiger partial charge in [-0.15, -0.1) is 0 Å². The summed E-state index contributed by atoms with van der Waals surface area (Å²) >= 11 is 0. The van der Waals surface area contributed by atoms with Crippen LogP contribution < -0.4 is 10.2 Å². The number of benzene rings is 1. The van der Waals surface area contributed by atoms with E-state index in [-0.39, 0.29) is 17.7 Å². The highest BCUT2D eigenvalue weighted by atomic mass is 19.1. The van der Waals surface area contributed by atoms with Gasteiger partial charge in [-0.05, 0) is 50.2 Å². The zero-order valence-corrected chi connectivity index (χ0v) is 17.6. The number of hydrogen-bond donors (Lipinski definition) is 1. The zero-order valence-electron chi connectivity index (χ0n) is 17.6. The van der Waals surface area contributed by atoms with E-state index in [0.29, 0.717) is 34.0 Å². The van der Waals surface area contributed by atoms with Crippen molar-refractivity contribution in [2.75, 3.05) is 43.4 Å². The molecule has 1 aliphatic carbocycles. The van der Waals surface area contributed by atoms with Crippen molar-refractivity contribution < 1.29 is 13.7 Å². The standard InChI is InChI=1S/C22H23FN6O3/c1-27-10-12-28(13-11-27)17-7-6-16-20(21(17)23)22(24-14-2-3-14)26-18(25-16)8-4-15-5-9-19(32-15)29(30)31/h4-9,14H,2-3,10-13H2,1H3,(H,24,25,26). The number of nitrogens with one attached hydrogen (secondary N) is 1. The van der Waals surface area contributed by atoms with Crippen molar-refractivity contribution in [3.63, 3.8) is 0 Å². The highest BCUT2D eigenvalue weighted by molar-refractivity contribution is 5.93. The number of aromatic nitrogens is 2. The first-order chi connectivity index (χ1) is 15.5. The van der Waals surface area contributed by atoms with Gasteiger partial charge in [0.15, 0.2) is 11.6 Å². The summed E-state index contributed by atoms with van der Waals surface area (Å²) in [6.07, 6.45) is 5.20. The minimum absolute atomic E-state index is 0.282. The minimum Gasteiger partial charge on any atom is -0.401 e. The van der Waals surface area contributed by atoms with Crippen LogP contribution in [0.15, 0.2) is 28.7 Å². The van der Waals surface area contributed by atoms with Crippen LogP contribution in [0.2, 0.25) is 0 Å². The topological polar surface area (TPSA) is 101 Å². The number of anilines is 2. The summed E-state index contributed by atoms with van der Waals surface area (Å²) < 4.78 is 20.8. The van der Waals surface area contributed by atoms with Crippen molar-refractivity contribution in [3.05, 3.63) is 51.8 Å². The van der Waals surface area contributed by atoms with Crippen molar-refractivity contribution in [1.82, 2.24) is 14.9 Å². The maximum atomic E-state index is 15.7. The van der Waals surface area contributed by atoms with Crippen LogP contribution in [-0.2, 0) is 0 Å². The Kier molecular flexibility index (Phi) is 5.22. The van der Waals surface area contributed by atoms with Gasteiger partial charge in [-0.25, -0.2) is 14.4 Å². The van der Waals surface area contributed by atoms with E-state index in [9.17, 15) is 10.1 Å². The average Bonchev–Trinajstić information content (AvgIpc) is 3.45. The van der Waals surface area contributed by atoms with Crippen LogP contribution in [0, 0.1) is 15.9 Å². The van der Waals surface area contributed by atoms with Crippen LogP contribution in [0.3, 0.4) is 0 Å². The quantitative estimate of drug-likeness (QED) is 0.459. The third kappa shape index (κ3) is 4.13. The molecule has 5 rings (SSSR count). The summed E-state index contributed by atoms with van der Waals surface area (Å²) in [4.78, 5) is 23.5. The Morgan fingerprint density at radius 3 is 2.62 bits per heavy atom. The number of halogens is 1. The minimum atomic E-state index is -0.595. The average molecular weight is 438 g/mol. The van der Waals surface area contributed by atoms with Crippen LogP contribution in [0.4, 0.5) is 21.8 Å². The zero-order chi connectivity index (χ0) is 22.2. The molecule has 1 aromatic carbocycles. The summed E-state index contributed by atoms with van der Waals surface area (Å²) in [7, 11) is 2.07. The molecule has 10 heteroatoms. The molecule has 32 heavy (non-hydrogen) atoms. The lowest BCUT2D eigenvalue weighted by atomic mass is 10.1. The molecule has 3 heterocycles. The third-order valence-electron chi connectivity index (χ3n) is 5.75. The van der Waals surface area contributed by atoms with Gasteiger partial charge in [0.1, 0.15) is 16.5 Å². The fraction of sp³-hybridized carbons (Fsp3) is 0.364. The molecule has 1 aliphatic heterocycles. The van der Waals surface area contributed by atoms with Gasteiger partial charge < -0.3 is 19.5 Å². The Morgan fingerprint density at radius 2 is 1.94 bits per heavy atom. The molecule has 1 saturated heterocycles. The molecule has 1 saturated carbocycles. The van der Waals surface area contributed by atoms with E-state index in [1.54, 1.807) is 18.2 Å². The van der Waals surface area contributed by atoms with Crippen LogP contribution in [0.1, 0.15) is 24.4 Å². The highest BCUT2D eigenvalue weighted by Crippen LogP contribution is 2.34. The SMILES string of the molecule is CN1CCN(c2ccc3nc(C=Cc4ccc([N+](=O)[O-])o4)nc(NC4CC4)c3c2F)CC1. The molecule has 2 aliphatic rings. The third-order valence-corrected chi connectivity index (χ3v) is 5.75. The van der Waals surface area contributed by atoms with Crippen LogP contribution in [-0.4, -0.2) is 59.1 Å². The summed E-state index contributed by atoms with van der Waals surface area (Å²) in [6, 6.07) is 6.67. The molecule has 9 nitrogen and oxygen atoms in total. The van der Waals surface area contributed by atoms with Crippen LogP contribution in [0.25, 0.3) is 23.1 Å². The second-order valence-electron chi connectivity index (χ2n) is 8.20. The van der Waals surface area contributed by atoms with Gasteiger partial charge in [0.05, 0.1) is 22.7 Å². The Hall–Kier alpha value is -3.53. The molecule has 0 unspecified atom stereocenters. The fourth-order valence-corrected chi connectivity index (χ4v) is 3.77. The number of fused-ring (bicyclic) bond motifs is 1. The second-order valence-corrected chi connectivity index (χ2v) is 8.20. The van der Waals surface area contributed by atoms with Crippen molar-refractivity contribution in [1.29, 1.82) is 0 Å². The molecule has 0 bridgehead atoms. The van der Waals surface area contributed by atoms with Crippen molar-refractivity contribution in [2.24, 2.45) is 0 Å². The molecule has 3 aromatic rings. The first kappa shape index (κ1) is 20.4. The summed E-state index contributed by atoms with van der Waals surface area (Å²) in [5.41, 5.74) is 1.07. The fourth-order valence-electron chi connectivity index (χ4n) is 3.77. The largest absolute Gasteiger partial charge is 0.433 e. The van der Waals surface area contributed by atoms with Crippen molar-refractivity contribution in [2.45, 2.75) is 18.9 Å². The maximum Gasteiger partial charge on any atom is 0.433 e. The molecule has 2 aromatic heterocycles. The van der Waals surface area contributed by atoms with Crippen LogP contribution >= 0.6 is 0 Å². The van der Waals surface area contributed by atoms with E-state index in [0.717, 1.165) is 39.0 Å². The smallest absolute Gasteiger partial charge is 0.401 e. The number of nitrogens with zero attached hydrogens (tertiary/aromatic N) is 5. The Balaban J connectivity index is 1.51. The number of likely N-dealkylation sites (N-methyl/N-ethyl adjacent to an activating group) is 1. The van der Waals surface area contributed by atoms with E-state index in [1.807, 2.05) is 6.07 Å². The normalized spacial score (nSPS) is 17.4. The molecule has 0 radical (unpaired) electrons. The molecule has 0 atom stereocenters. The molecule has 0 spiro atoms. The van der Waals surface area contributed by atoms with Gasteiger partial charge in [0.2, 0.25) is 0 Å². The number of nitro groups is 1. The van der Waals surface area contributed by atoms with Gasteiger partial charge >= 0.3 is 5.88 Å². The number of piperazine rings is 1. The predicted octanol–water partition coefficient (Wildman–Crippen LogP) is 3.77. The Morgan fingerprint density at radius 1 is 1.16 bits per heavy atom. The van der Waals surface area contributed by atoms with E-state index in [4.69, 9.17) is 4.42 Å². The first-order valence-electron chi connectivity index (χ1n) is 10.6. The lowest BCUT2D eigenvalue weighted by molar-refractivity contribution is -0.402. The van der Waals surface area contributed by atoms with Gasteiger partial charge in [-0.1, -0.05) is 0 Å². The van der Waals surface area contributed by atoms with Crippen molar-refractivity contribution >= 4 is 40.4 Å². The lowest BCUT2D eigenvalue weighted by Gasteiger charge is -2.34. The monoisotopic (exact) mass is 438 g/mol. The molecule has 2 fully saturated rings. The molecular weight excluding hydrogens is 415 g/mol. The summed E-state index contributed by atoms with van der Waals surface area (Å²) in [6.45, 7) is 3.30. The molecule has 0 amide bonds. The van der Waals surface area contributed by atoms with Gasteiger partial charge in [-0.2, -0.15) is 0 Å². The van der Waals surface area contributed by atoms with Gasteiger partial charge in [0, 0.05) is 32.2 Å². The number of furan rings is 1. The highest BCUT2D eigenvalue weighted by Gasteiger charge is 2.26. The molecule has 166 valence electrons. The first-order valence-corrected chi connectivity index (χ1v) is 10.6.